The number of aromatic nitrogens is 6. The lowest BCUT2D eigenvalue weighted by Crippen LogP contribution is -2.47. The third-order valence-electron chi connectivity index (χ3n) is 6.34. The zero-order chi connectivity index (χ0) is 25.4. The molecule has 4 aromatic rings. The molecule has 0 aliphatic carbocycles. The molecule has 1 aliphatic heterocycles. The molecule has 1 saturated heterocycles. The van der Waals surface area contributed by atoms with Crippen LogP contribution in [-0.2, 0) is 7.05 Å². The Morgan fingerprint density at radius 3 is 2.50 bits per heavy atom. The number of halogens is 1. The number of hydrogen-bond donors (Lipinski definition) is 1. The van der Waals surface area contributed by atoms with Gasteiger partial charge in [0.1, 0.15) is 11.5 Å². The first-order valence-corrected chi connectivity index (χ1v) is 11.9. The van der Waals surface area contributed by atoms with Crippen LogP contribution in [0.15, 0.2) is 36.8 Å². The highest BCUT2D eigenvalue weighted by Gasteiger charge is 2.21. The van der Waals surface area contributed by atoms with Gasteiger partial charge in [-0.25, -0.2) is 24.3 Å². The Labute approximate surface area is 208 Å². The largest absolute Gasteiger partial charge is 0.336 e. The number of carbonyl (C=O) groups is 1. The smallest absolute Gasteiger partial charge is 0.255 e. The topological polar surface area (TPSA) is 105 Å². The normalized spacial score (nSPS) is 14.6. The number of nitrogens with one attached hydrogen (secondary N) is 1. The summed E-state index contributed by atoms with van der Waals surface area (Å²) in [5, 5.41) is 8.30. The summed E-state index contributed by atoms with van der Waals surface area (Å²) in [5.74, 6) is 0.263. The fourth-order valence-corrected chi connectivity index (χ4v) is 4.44. The first-order chi connectivity index (χ1) is 17.3. The number of fused-ring (bicyclic) bond motifs is 1. The van der Waals surface area contributed by atoms with Gasteiger partial charge in [0.2, 0.25) is 5.95 Å². The number of rotatable bonds is 5. The van der Waals surface area contributed by atoms with Crippen LogP contribution in [0.5, 0.6) is 0 Å². The molecular formula is C25H28FN9O. The highest BCUT2D eigenvalue weighted by molar-refractivity contribution is 5.94. The van der Waals surface area contributed by atoms with Crippen molar-refractivity contribution in [3.05, 3.63) is 53.9 Å². The lowest BCUT2D eigenvalue weighted by Gasteiger charge is -2.32. The lowest BCUT2D eigenvalue weighted by molar-refractivity contribution is 0.0663. The van der Waals surface area contributed by atoms with Crippen LogP contribution in [0.25, 0.3) is 22.3 Å². The molecule has 1 fully saturated rings. The molecule has 1 N–H and O–H groups in total. The SMILES string of the molecule is CC(C)c1c2cc(-c3nc(Nc4ccc(C(=O)N5CCN(C)CC5)cn4)ncc3F)cnc2nn1C. The Hall–Kier alpha value is -3.99. The highest BCUT2D eigenvalue weighted by atomic mass is 19.1. The van der Waals surface area contributed by atoms with E-state index >= 15 is 0 Å². The number of nitrogens with zero attached hydrogens (tertiary/aromatic N) is 8. The average Bonchev–Trinajstić information content (AvgIpc) is 3.21. The van der Waals surface area contributed by atoms with Crippen molar-refractivity contribution in [1.29, 1.82) is 0 Å². The maximum absolute atomic E-state index is 14.7. The minimum atomic E-state index is -0.558. The summed E-state index contributed by atoms with van der Waals surface area (Å²) in [6.07, 6.45) is 4.21. The van der Waals surface area contributed by atoms with E-state index in [1.54, 1.807) is 23.0 Å². The van der Waals surface area contributed by atoms with Crippen molar-refractivity contribution in [2.45, 2.75) is 19.8 Å². The van der Waals surface area contributed by atoms with Crippen molar-refractivity contribution < 1.29 is 9.18 Å². The van der Waals surface area contributed by atoms with Gasteiger partial charge in [0.05, 0.1) is 17.5 Å². The number of pyridine rings is 2. The number of likely N-dealkylation sites (N-methyl/N-ethyl adjacent to an activating group) is 1. The summed E-state index contributed by atoms with van der Waals surface area (Å²) in [6.45, 7) is 7.25. The number of carbonyl (C=O) groups excluding carboxylic acids is 1. The zero-order valence-electron chi connectivity index (χ0n) is 20.7. The van der Waals surface area contributed by atoms with Gasteiger partial charge in [-0.2, -0.15) is 5.10 Å². The molecule has 0 bridgehead atoms. The Balaban J connectivity index is 1.37. The molecule has 36 heavy (non-hydrogen) atoms. The van der Waals surface area contributed by atoms with Crippen molar-refractivity contribution >= 4 is 28.7 Å². The fourth-order valence-electron chi connectivity index (χ4n) is 4.44. The minimum absolute atomic E-state index is 0.0403. The Kier molecular flexibility index (Phi) is 6.31. The maximum Gasteiger partial charge on any atom is 0.255 e. The van der Waals surface area contributed by atoms with E-state index in [1.165, 1.54) is 6.20 Å². The quantitative estimate of drug-likeness (QED) is 0.456. The van der Waals surface area contributed by atoms with Gasteiger partial charge in [0, 0.05) is 56.6 Å². The van der Waals surface area contributed by atoms with Gasteiger partial charge >= 0.3 is 0 Å². The van der Waals surface area contributed by atoms with Gasteiger partial charge in [0.25, 0.3) is 5.91 Å². The van der Waals surface area contributed by atoms with Crippen LogP contribution in [0.3, 0.4) is 0 Å². The average molecular weight is 490 g/mol. The second-order valence-corrected chi connectivity index (χ2v) is 9.30. The molecule has 1 aliphatic rings. The molecule has 0 radical (unpaired) electrons. The summed E-state index contributed by atoms with van der Waals surface area (Å²) in [6, 6.07) is 5.26. The number of aryl methyl sites for hydroxylation is 1. The molecule has 0 spiro atoms. The van der Waals surface area contributed by atoms with Gasteiger partial charge in [-0.3, -0.25) is 9.48 Å². The molecule has 0 saturated carbocycles. The van der Waals surface area contributed by atoms with Crippen LogP contribution in [0.1, 0.15) is 35.8 Å². The van der Waals surface area contributed by atoms with Crippen LogP contribution >= 0.6 is 0 Å². The van der Waals surface area contributed by atoms with Crippen molar-refractivity contribution in [1.82, 2.24) is 39.5 Å². The summed E-state index contributed by atoms with van der Waals surface area (Å²) < 4.78 is 16.5. The summed E-state index contributed by atoms with van der Waals surface area (Å²) in [5.41, 5.74) is 2.79. The molecule has 186 valence electrons. The second-order valence-electron chi connectivity index (χ2n) is 9.30. The maximum atomic E-state index is 14.7. The third kappa shape index (κ3) is 4.61. The second kappa shape index (κ2) is 9.57. The standard InChI is InChI=1S/C25H28FN9O/c1-15(2)22-18-11-17(13-28-23(18)32-34(22)4)21-19(26)14-29-25(31-21)30-20-6-5-16(12-27-20)24(36)35-9-7-33(3)8-10-35/h5-6,11-15H,7-10H2,1-4H3,(H,27,29,30,31). The third-order valence-corrected chi connectivity index (χ3v) is 6.34. The summed E-state index contributed by atoms with van der Waals surface area (Å²) in [7, 11) is 3.92. The molecule has 11 heteroatoms. The molecule has 5 heterocycles. The van der Waals surface area contributed by atoms with Crippen molar-refractivity contribution in [2.24, 2.45) is 7.05 Å². The van der Waals surface area contributed by atoms with E-state index in [0.29, 0.717) is 35.7 Å². The number of amides is 1. The fraction of sp³-hybridized carbons (Fsp3) is 0.360. The van der Waals surface area contributed by atoms with Gasteiger partial charge in [-0.05, 0) is 31.2 Å². The summed E-state index contributed by atoms with van der Waals surface area (Å²) in [4.78, 5) is 34.0. The molecule has 0 aromatic carbocycles. The van der Waals surface area contributed by atoms with E-state index in [1.807, 2.05) is 25.1 Å². The van der Waals surface area contributed by atoms with E-state index in [4.69, 9.17) is 0 Å². The highest BCUT2D eigenvalue weighted by Crippen LogP contribution is 2.29. The number of anilines is 2. The van der Waals surface area contributed by atoms with Gasteiger partial charge in [-0.15, -0.1) is 0 Å². The molecule has 1 amide bonds. The first-order valence-electron chi connectivity index (χ1n) is 11.9. The predicted molar refractivity (Wildman–Crippen MR) is 135 cm³/mol. The van der Waals surface area contributed by atoms with Crippen molar-refractivity contribution in [3.63, 3.8) is 0 Å². The Morgan fingerprint density at radius 1 is 1.03 bits per heavy atom. The van der Waals surface area contributed by atoms with Gasteiger partial charge in [-0.1, -0.05) is 13.8 Å². The van der Waals surface area contributed by atoms with Crippen LogP contribution in [-0.4, -0.2) is 78.7 Å². The number of piperazine rings is 1. The van der Waals surface area contributed by atoms with E-state index in [2.05, 4.69) is 49.1 Å². The minimum Gasteiger partial charge on any atom is -0.336 e. The predicted octanol–water partition coefficient (Wildman–Crippen LogP) is 3.21. The van der Waals surface area contributed by atoms with E-state index in [0.717, 1.165) is 30.4 Å². The van der Waals surface area contributed by atoms with Crippen LogP contribution in [0, 0.1) is 5.82 Å². The zero-order valence-corrected chi connectivity index (χ0v) is 20.7. The molecule has 0 atom stereocenters. The van der Waals surface area contributed by atoms with E-state index in [9.17, 15) is 9.18 Å². The van der Waals surface area contributed by atoms with Gasteiger partial charge < -0.3 is 15.1 Å². The van der Waals surface area contributed by atoms with Gasteiger partial charge in [0.15, 0.2) is 11.5 Å². The molecule has 0 unspecified atom stereocenters. The van der Waals surface area contributed by atoms with E-state index in [-0.39, 0.29) is 23.5 Å². The van der Waals surface area contributed by atoms with Crippen molar-refractivity contribution in [2.75, 3.05) is 38.5 Å². The first kappa shape index (κ1) is 23.7. The lowest BCUT2D eigenvalue weighted by atomic mass is 10.1. The molecule has 4 aromatic heterocycles. The monoisotopic (exact) mass is 489 g/mol. The van der Waals surface area contributed by atoms with E-state index < -0.39 is 5.82 Å². The molecule has 10 nitrogen and oxygen atoms in total. The van der Waals surface area contributed by atoms with Crippen LogP contribution in [0.2, 0.25) is 0 Å². The Bertz CT molecular complexity index is 1410. The molecule has 5 rings (SSSR count). The Morgan fingerprint density at radius 2 is 1.81 bits per heavy atom. The summed E-state index contributed by atoms with van der Waals surface area (Å²) >= 11 is 0. The number of hydrogen-bond acceptors (Lipinski definition) is 8. The van der Waals surface area contributed by atoms with Crippen LogP contribution in [0.4, 0.5) is 16.2 Å². The van der Waals surface area contributed by atoms with Crippen molar-refractivity contribution in [3.8, 4) is 11.3 Å². The van der Waals surface area contributed by atoms with Crippen LogP contribution < -0.4 is 5.32 Å². The molecular weight excluding hydrogens is 461 g/mol.